The number of benzene rings is 2. The third-order valence-corrected chi connectivity index (χ3v) is 6.44. The lowest BCUT2D eigenvalue weighted by Gasteiger charge is -2.23. The van der Waals surface area contributed by atoms with Crippen LogP contribution in [0.3, 0.4) is 0 Å². The van der Waals surface area contributed by atoms with Crippen LogP contribution in [0.1, 0.15) is 60.9 Å². The fraction of sp³-hybridized carbons (Fsp3) is 0.385. The molecule has 4 rings (SSSR count). The summed E-state index contributed by atoms with van der Waals surface area (Å²) in [7, 11) is 0. The summed E-state index contributed by atoms with van der Waals surface area (Å²) in [5.74, 6) is -0.388. The highest BCUT2D eigenvalue weighted by Crippen LogP contribution is 2.19. The van der Waals surface area contributed by atoms with E-state index in [1.807, 2.05) is 12.1 Å². The molecule has 0 atom stereocenters. The number of anilines is 1. The standard InChI is InChI=1S/C26H29ClN4O3/c27-20-10-6-18(7-11-20)24-14-15-25(33)31(30-24)17-23(32)16-28-21-12-8-19(9-13-21)26(34)29-22-4-2-1-3-5-22/h6-13,22,28H,1-5,14-17H2,(H,29,34). The fourth-order valence-corrected chi connectivity index (χ4v) is 4.38. The lowest BCUT2D eigenvalue weighted by molar-refractivity contribution is -0.135. The Balaban J connectivity index is 1.28. The molecular weight excluding hydrogens is 452 g/mol. The monoisotopic (exact) mass is 480 g/mol. The highest BCUT2D eigenvalue weighted by molar-refractivity contribution is 6.30. The Morgan fingerprint density at radius 2 is 1.68 bits per heavy atom. The van der Waals surface area contributed by atoms with Crippen molar-refractivity contribution in [1.82, 2.24) is 10.3 Å². The normalized spacial score (nSPS) is 16.7. The zero-order valence-corrected chi connectivity index (χ0v) is 19.8. The highest BCUT2D eigenvalue weighted by Gasteiger charge is 2.23. The smallest absolute Gasteiger partial charge is 0.251 e. The fourth-order valence-electron chi connectivity index (χ4n) is 4.25. The summed E-state index contributed by atoms with van der Waals surface area (Å²) in [6.07, 6.45) is 6.50. The molecule has 2 aliphatic rings. The number of Topliss-reactive ketones (excluding diaryl/α,β-unsaturated/α-hetero) is 1. The van der Waals surface area contributed by atoms with Crippen LogP contribution >= 0.6 is 11.6 Å². The first-order valence-corrected chi connectivity index (χ1v) is 12.2. The predicted octanol–water partition coefficient (Wildman–Crippen LogP) is 4.41. The Morgan fingerprint density at radius 1 is 0.971 bits per heavy atom. The Labute approximate surface area is 204 Å². The molecule has 0 unspecified atom stereocenters. The van der Waals surface area contributed by atoms with Crippen molar-refractivity contribution in [2.45, 2.75) is 51.0 Å². The lowest BCUT2D eigenvalue weighted by Crippen LogP contribution is -2.37. The minimum Gasteiger partial charge on any atom is -0.378 e. The number of hydrazone groups is 1. The van der Waals surface area contributed by atoms with Gasteiger partial charge in [0.1, 0.15) is 6.54 Å². The van der Waals surface area contributed by atoms with E-state index in [2.05, 4.69) is 15.7 Å². The molecule has 34 heavy (non-hydrogen) atoms. The Kier molecular flexibility index (Phi) is 7.95. The van der Waals surface area contributed by atoms with E-state index in [0.717, 1.165) is 29.8 Å². The number of carbonyl (C=O) groups excluding carboxylic acids is 3. The van der Waals surface area contributed by atoms with Crippen molar-refractivity contribution >= 4 is 40.6 Å². The van der Waals surface area contributed by atoms with E-state index < -0.39 is 0 Å². The summed E-state index contributed by atoms with van der Waals surface area (Å²) in [6, 6.07) is 14.6. The number of amides is 2. The van der Waals surface area contributed by atoms with Crippen molar-refractivity contribution in [3.8, 4) is 0 Å². The SMILES string of the molecule is O=C(CNc1ccc(C(=O)NC2CCCCC2)cc1)CN1N=C(c2ccc(Cl)cc2)CCC1=O. The van der Waals surface area contributed by atoms with Gasteiger partial charge in [0.25, 0.3) is 5.91 Å². The molecular formula is C26H29ClN4O3. The molecule has 178 valence electrons. The van der Waals surface area contributed by atoms with E-state index in [0.29, 0.717) is 23.4 Å². The van der Waals surface area contributed by atoms with Gasteiger partial charge >= 0.3 is 0 Å². The number of halogens is 1. The van der Waals surface area contributed by atoms with E-state index in [1.54, 1.807) is 36.4 Å². The summed E-state index contributed by atoms with van der Waals surface area (Å²) in [6.45, 7) is -0.0337. The van der Waals surface area contributed by atoms with Crippen LogP contribution in [0, 0.1) is 0 Å². The van der Waals surface area contributed by atoms with Crippen molar-refractivity contribution in [1.29, 1.82) is 0 Å². The van der Waals surface area contributed by atoms with Gasteiger partial charge in [-0.15, -0.1) is 0 Å². The third-order valence-electron chi connectivity index (χ3n) is 6.19. The molecule has 7 nitrogen and oxygen atoms in total. The van der Waals surface area contributed by atoms with E-state index in [4.69, 9.17) is 11.6 Å². The van der Waals surface area contributed by atoms with Crippen LogP contribution < -0.4 is 10.6 Å². The van der Waals surface area contributed by atoms with Gasteiger partial charge in [0.05, 0.1) is 12.3 Å². The molecule has 2 aromatic rings. The molecule has 0 bridgehead atoms. The van der Waals surface area contributed by atoms with E-state index >= 15 is 0 Å². The third kappa shape index (κ3) is 6.44. The molecule has 2 N–H and O–H groups in total. The number of nitrogens with one attached hydrogen (secondary N) is 2. The van der Waals surface area contributed by atoms with Gasteiger partial charge < -0.3 is 10.6 Å². The Morgan fingerprint density at radius 3 is 2.38 bits per heavy atom. The van der Waals surface area contributed by atoms with Crippen molar-refractivity contribution in [2.24, 2.45) is 5.10 Å². The minimum absolute atomic E-state index is 0.0587. The molecule has 1 aliphatic carbocycles. The van der Waals surface area contributed by atoms with Crippen molar-refractivity contribution in [3.05, 3.63) is 64.7 Å². The maximum atomic E-state index is 12.5. The van der Waals surface area contributed by atoms with E-state index in [1.165, 1.54) is 24.3 Å². The molecule has 0 aromatic heterocycles. The van der Waals surface area contributed by atoms with Gasteiger partial charge in [0.15, 0.2) is 5.78 Å². The Bertz CT molecular complexity index is 1060. The van der Waals surface area contributed by atoms with Crippen molar-refractivity contribution in [2.75, 3.05) is 18.4 Å². The number of nitrogens with zero attached hydrogens (tertiary/aromatic N) is 2. The summed E-state index contributed by atoms with van der Waals surface area (Å²) in [5.41, 5.74) is 2.99. The molecule has 2 aromatic carbocycles. The molecule has 2 amide bonds. The van der Waals surface area contributed by atoms with Gasteiger partial charge in [0.2, 0.25) is 5.91 Å². The molecule has 0 saturated heterocycles. The summed E-state index contributed by atoms with van der Waals surface area (Å²) in [5, 5.41) is 12.4. The van der Waals surface area contributed by atoms with Gasteiger partial charge in [-0.05, 0) is 54.8 Å². The number of hydrogen-bond donors (Lipinski definition) is 2. The van der Waals surface area contributed by atoms with Gasteiger partial charge in [-0.3, -0.25) is 14.4 Å². The molecule has 1 saturated carbocycles. The van der Waals surface area contributed by atoms with Gasteiger partial charge in [-0.25, -0.2) is 5.01 Å². The summed E-state index contributed by atoms with van der Waals surface area (Å²) >= 11 is 5.94. The number of carbonyl (C=O) groups is 3. The van der Waals surface area contributed by atoms with Crippen LogP contribution in [0.4, 0.5) is 5.69 Å². The van der Waals surface area contributed by atoms with Gasteiger partial charge in [0, 0.05) is 35.2 Å². The largest absolute Gasteiger partial charge is 0.378 e. The van der Waals surface area contributed by atoms with Crippen LogP contribution in [0.25, 0.3) is 0 Å². The second kappa shape index (κ2) is 11.3. The lowest BCUT2D eigenvalue weighted by atomic mass is 9.95. The first kappa shape index (κ1) is 24.0. The molecule has 0 radical (unpaired) electrons. The summed E-state index contributed by atoms with van der Waals surface area (Å²) in [4.78, 5) is 37.2. The molecule has 8 heteroatoms. The molecule has 0 spiro atoms. The van der Waals surface area contributed by atoms with Crippen LogP contribution in [-0.4, -0.2) is 47.4 Å². The van der Waals surface area contributed by atoms with E-state index in [-0.39, 0.29) is 36.7 Å². The number of hydrogen-bond acceptors (Lipinski definition) is 5. The number of ketones is 1. The Hall–Kier alpha value is -3.19. The van der Waals surface area contributed by atoms with Crippen molar-refractivity contribution < 1.29 is 14.4 Å². The topological polar surface area (TPSA) is 90.9 Å². The van der Waals surface area contributed by atoms with E-state index in [9.17, 15) is 14.4 Å². The first-order chi connectivity index (χ1) is 16.5. The first-order valence-electron chi connectivity index (χ1n) is 11.8. The molecule has 1 fully saturated rings. The number of rotatable bonds is 8. The zero-order chi connectivity index (χ0) is 23.9. The average molecular weight is 481 g/mol. The molecule has 1 heterocycles. The van der Waals surface area contributed by atoms with Crippen LogP contribution in [0.15, 0.2) is 53.6 Å². The van der Waals surface area contributed by atoms with Gasteiger partial charge in [-0.1, -0.05) is 43.0 Å². The second-order valence-electron chi connectivity index (χ2n) is 8.78. The van der Waals surface area contributed by atoms with Crippen LogP contribution in [-0.2, 0) is 9.59 Å². The van der Waals surface area contributed by atoms with Crippen molar-refractivity contribution in [3.63, 3.8) is 0 Å². The maximum absolute atomic E-state index is 12.5. The highest BCUT2D eigenvalue weighted by atomic mass is 35.5. The molecule has 1 aliphatic heterocycles. The van der Waals surface area contributed by atoms with Crippen LogP contribution in [0.5, 0.6) is 0 Å². The minimum atomic E-state index is -0.167. The predicted molar refractivity (Wildman–Crippen MR) is 133 cm³/mol. The average Bonchev–Trinajstić information content (AvgIpc) is 2.85. The summed E-state index contributed by atoms with van der Waals surface area (Å²) < 4.78 is 0. The second-order valence-corrected chi connectivity index (χ2v) is 9.22. The zero-order valence-electron chi connectivity index (χ0n) is 19.1. The quantitative estimate of drug-likeness (QED) is 0.585. The van der Waals surface area contributed by atoms with Gasteiger partial charge in [-0.2, -0.15) is 5.10 Å². The maximum Gasteiger partial charge on any atom is 0.251 e. The van der Waals surface area contributed by atoms with Crippen LogP contribution in [0.2, 0.25) is 5.02 Å².